The van der Waals surface area contributed by atoms with Gasteiger partial charge in [-0.15, -0.1) is 0 Å². The lowest BCUT2D eigenvalue weighted by Gasteiger charge is -2.29. The molecule has 1 N–H and O–H groups in total. The Kier molecular flexibility index (Phi) is 4.11. The van der Waals surface area contributed by atoms with Crippen LogP contribution < -0.4 is 5.32 Å². The van der Waals surface area contributed by atoms with Gasteiger partial charge in [0, 0.05) is 25.6 Å². The monoisotopic (exact) mass is 264 g/mol. The van der Waals surface area contributed by atoms with Gasteiger partial charge in [-0.25, -0.2) is 0 Å². The molecular weight excluding hydrogens is 248 g/mol. The third kappa shape index (κ3) is 3.29. The molecule has 0 saturated carbocycles. The zero-order valence-electron chi connectivity index (χ0n) is 10.7. The van der Waals surface area contributed by atoms with Gasteiger partial charge in [0.1, 0.15) is 0 Å². The quantitative estimate of drug-likeness (QED) is 0.668. The van der Waals surface area contributed by atoms with E-state index in [2.05, 4.69) is 5.32 Å². The van der Waals surface area contributed by atoms with Gasteiger partial charge in [0.2, 0.25) is 5.91 Å². The lowest BCUT2D eigenvalue weighted by atomic mass is 9.96. The summed E-state index contributed by atoms with van der Waals surface area (Å²) in [7, 11) is 0. The summed E-state index contributed by atoms with van der Waals surface area (Å²) in [5.41, 5.74) is 0.638. The van der Waals surface area contributed by atoms with Crippen molar-refractivity contribution in [2.75, 3.05) is 6.61 Å². The van der Waals surface area contributed by atoms with Gasteiger partial charge in [-0.2, -0.15) is 0 Å². The molecule has 0 aromatic heterocycles. The van der Waals surface area contributed by atoms with E-state index >= 15 is 0 Å². The summed E-state index contributed by atoms with van der Waals surface area (Å²) in [6.07, 6.45) is 0.952. The third-order valence-electron chi connectivity index (χ3n) is 3.17. The first kappa shape index (κ1) is 13.5. The number of carbonyl (C=O) groups excluding carboxylic acids is 1. The lowest BCUT2D eigenvalue weighted by molar-refractivity contribution is -0.386. The van der Waals surface area contributed by atoms with E-state index in [1.54, 1.807) is 18.2 Å². The number of hydrogen-bond donors (Lipinski definition) is 1. The molecule has 2 rings (SSSR count). The molecule has 1 fully saturated rings. The fourth-order valence-electron chi connectivity index (χ4n) is 2.36. The standard InChI is InChI=1S/C13H16N2O4/c1-9(16)14-10-6-7-19-13(8-10)11-4-2-3-5-12(11)15(17)18/h2-5,10,13H,6-8H2,1H3,(H,14,16)/t10-,13+/m1/s1. The highest BCUT2D eigenvalue weighted by Crippen LogP contribution is 2.33. The van der Waals surface area contributed by atoms with E-state index in [1.807, 2.05) is 0 Å². The first-order valence-corrected chi connectivity index (χ1v) is 6.20. The van der Waals surface area contributed by atoms with Gasteiger partial charge in [0.25, 0.3) is 5.69 Å². The molecule has 0 radical (unpaired) electrons. The highest BCUT2D eigenvalue weighted by molar-refractivity contribution is 5.73. The van der Waals surface area contributed by atoms with E-state index in [9.17, 15) is 14.9 Å². The number of hydrogen-bond acceptors (Lipinski definition) is 4. The molecule has 1 aromatic carbocycles. The van der Waals surface area contributed by atoms with Crippen LogP contribution in [-0.4, -0.2) is 23.5 Å². The summed E-state index contributed by atoms with van der Waals surface area (Å²) < 4.78 is 5.61. The van der Waals surface area contributed by atoms with Gasteiger partial charge in [0.05, 0.1) is 16.6 Å². The second-order valence-electron chi connectivity index (χ2n) is 4.60. The molecule has 1 aliphatic rings. The van der Waals surface area contributed by atoms with Crippen molar-refractivity contribution in [1.82, 2.24) is 5.32 Å². The summed E-state index contributed by atoms with van der Waals surface area (Å²) in [6, 6.07) is 6.58. The molecule has 1 aromatic rings. The first-order valence-electron chi connectivity index (χ1n) is 6.20. The largest absolute Gasteiger partial charge is 0.373 e. The maximum atomic E-state index is 11.1. The van der Waals surface area contributed by atoms with Gasteiger partial charge in [-0.1, -0.05) is 12.1 Å². The predicted molar refractivity (Wildman–Crippen MR) is 68.6 cm³/mol. The van der Waals surface area contributed by atoms with Crippen LogP contribution in [0.1, 0.15) is 31.4 Å². The Hall–Kier alpha value is -1.95. The molecule has 0 bridgehead atoms. The number of benzene rings is 1. The molecule has 1 amide bonds. The molecule has 1 saturated heterocycles. The second-order valence-corrected chi connectivity index (χ2v) is 4.60. The fraction of sp³-hybridized carbons (Fsp3) is 0.462. The van der Waals surface area contributed by atoms with Crippen LogP contribution in [0.2, 0.25) is 0 Å². The van der Waals surface area contributed by atoms with Crippen LogP contribution >= 0.6 is 0 Å². The Bertz CT molecular complexity index is 489. The molecule has 2 atom stereocenters. The summed E-state index contributed by atoms with van der Waals surface area (Å²) in [5, 5.41) is 13.8. The lowest BCUT2D eigenvalue weighted by Crippen LogP contribution is -2.38. The highest BCUT2D eigenvalue weighted by Gasteiger charge is 2.29. The van der Waals surface area contributed by atoms with Gasteiger partial charge in [-0.05, 0) is 18.9 Å². The van der Waals surface area contributed by atoms with Crippen molar-refractivity contribution in [2.45, 2.75) is 31.9 Å². The van der Waals surface area contributed by atoms with E-state index in [0.717, 1.165) is 6.42 Å². The minimum atomic E-state index is -0.402. The summed E-state index contributed by atoms with van der Waals surface area (Å²) in [6.45, 7) is 1.96. The Morgan fingerprint density at radius 1 is 1.47 bits per heavy atom. The van der Waals surface area contributed by atoms with Gasteiger partial charge in [-0.3, -0.25) is 14.9 Å². The third-order valence-corrected chi connectivity index (χ3v) is 3.17. The number of nitro groups is 1. The van der Waals surface area contributed by atoms with Crippen LogP contribution in [0.25, 0.3) is 0 Å². The van der Waals surface area contributed by atoms with E-state index in [-0.39, 0.29) is 23.7 Å². The summed E-state index contributed by atoms with van der Waals surface area (Å²) in [5.74, 6) is -0.0896. The molecule has 1 heterocycles. The Morgan fingerprint density at radius 2 is 2.21 bits per heavy atom. The maximum Gasteiger partial charge on any atom is 0.275 e. The van der Waals surface area contributed by atoms with Crippen molar-refractivity contribution in [2.24, 2.45) is 0 Å². The molecule has 0 spiro atoms. The number of rotatable bonds is 3. The molecular formula is C13H16N2O4. The molecule has 0 aliphatic carbocycles. The molecule has 1 aliphatic heterocycles. The van der Waals surface area contributed by atoms with E-state index in [4.69, 9.17) is 4.74 Å². The van der Waals surface area contributed by atoms with Crippen LogP contribution in [-0.2, 0) is 9.53 Å². The fourth-order valence-corrected chi connectivity index (χ4v) is 2.36. The van der Waals surface area contributed by atoms with E-state index in [1.165, 1.54) is 13.0 Å². The minimum Gasteiger partial charge on any atom is -0.373 e. The van der Waals surface area contributed by atoms with Crippen LogP contribution in [0.5, 0.6) is 0 Å². The number of para-hydroxylation sites is 1. The summed E-state index contributed by atoms with van der Waals surface area (Å²) in [4.78, 5) is 21.7. The molecule has 0 unspecified atom stereocenters. The SMILES string of the molecule is CC(=O)N[C@@H]1CCO[C@H](c2ccccc2[N+](=O)[O-])C1. The smallest absolute Gasteiger partial charge is 0.275 e. The number of ether oxygens (including phenoxy) is 1. The average Bonchev–Trinajstić information content (AvgIpc) is 2.38. The Labute approximate surface area is 110 Å². The van der Waals surface area contributed by atoms with E-state index in [0.29, 0.717) is 18.6 Å². The van der Waals surface area contributed by atoms with Gasteiger partial charge in [0.15, 0.2) is 0 Å². The van der Waals surface area contributed by atoms with E-state index < -0.39 is 4.92 Å². The van der Waals surface area contributed by atoms with Crippen LogP contribution in [0.3, 0.4) is 0 Å². The predicted octanol–water partition coefficient (Wildman–Crippen LogP) is 1.95. The number of nitro benzene ring substituents is 1. The molecule has 102 valence electrons. The molecule has 19 heavy (non-hydrogen) atoms. The average molecular weight is 264 g/mol. The molecule has 6 heteroatoms. The van der Waals surface area contributed by atoms with Crippen LogP contribution in [0, 0.1) is 10.1 Å². The summed E-state index contributed by atoms with van der Waals surface area (Å²) >= 11 is 0. The highest BCUT2D eigenvalue weighted by atomic mass is 16.6. The zero-order valence-corrected chi connectivity index (χ0v) is 10.7. The Balaban J connectivity index is 2.17. The first-order chi connectivity index (χ1) is 9.08. The number of nitrogens with zero attached hydrogens (tertiary/aromatic N) is 1. The Morgan fingerprint density at radius 3 is 2.89 bits per heavy atom. The maximum absolute atomic E-state index is 11.1. The van der Waals surface area contributed by atoms with Crippen LogP contribution in [0.4, 0.5) is 5.69 Å². The normalized spacial score (nSPS) is 22.8. The van der Waals surface area contributed by atoms with Crippen molar-refractivity contribution >= 4 is 11.6 Å². The number of carbonyl (C=O) groups is 1. The van der Waals surface area contributed by atoms with Gasteiger partial charge < -0.3 is 10.1 Å². The van der Waals surface area contributed by atoms with Crippen molar-refractivity contribution in [3.05, 3.63) is 39.9 Å². The topological polar surface area (TPSA) is 81.5 Å². The molecule has 6 nitrogen and oxygen atoms in total. The number of nitrogens with one attached hydrogen (secondary N) is 1. The minimum absolute atomic E-state index is 0.0102. The van der Waals surface area contributed by atoms with Crippen LogP contribution in [0.15, 0.2) is 24.3 Å². The van der Waals surface area contributed by atoms with Crippen molar-refractivity contribution in [1.29, 1.82) is 0 Å². The van der Waals surface area contributed by atoms with Crippen molar-refractivity contribution < 1.29 is 14.5 Å². The second kappa shape index (κ2) is 5.79. The van der Waals surface area contributed by atoms with Crippen molar-refractivity contribution in [3.63, 3.8) is 0 Å². The number of amides is 1. The zero-order chi connectivity index (χ0) is 13.8. The van der Waals surface area contributed by atoms with Gasteiger partial charge >= 0.3 is 0 Å². The van der Waals surface area contributed by atoms with Crippen molar-refractivity contribution in [3.8, 4) is 0 Å².